The number of aromatic nitrogens is 1. The molecule has 0 aliphatic carbocycles. The van der Waals surface area contributed by atoms with Crippen molar-refractivity contribution >= 4 is 23.2 Å². The predicted octanol–water partition coefficient (Wildman–Crippen LogP) is 4.08. The van der Waals surface area contributed by atoms with Gasteiger partial charge in [-0.2, -0.15) is 0 Å². The summed E-state index contributed by atoms with van der Waals surface area (Å²) in [6, 6.07) is 12.6. The first-order valence-corrected chi connectivity index (χ1v) is 8.02. The van der Waals surface area contributed by atoms with Gasteiger partial charge in [-0.3, -0.25) is 9.59 Å². The van der Waals surface area contributed by atoms with Crippen LogP contribution in [-0.4, -0.2) is 10.5 Å². The number of nitrogens with zero attached hydrogens (tertiary/aromatic N) is 1. The maximum Gasteiger partial charge on any atom is 0.263 e. The first kappa shape index (κ1) is 17.8. The summed E-state index contributed by atoms with van der Waals surface area (Å²) in [5.74, 6) is -2.46. The molecule has 1 N–H and O–H groups in total. The first-order chi connectivity index (χ1) is 12.4. The molecule has 0 aliphatic rings. The van der Waals surface area contributed by atoms with Crippen molar-refractivity contribution in [1.82, 2.24) is 4.57 Å². The largest absolute Gasteiger partial charge is 0.319 e. The van der Waals surface area contributed by atoms with E-state index in [9.17, 15) is 18.4 Å². The Bertz CT molecular complexity index is 1030. The van der Waals surface area contributed by atoms with Crippen LogP contribution >= 0.6 is 11.6 Å². The Morgan fingerprint density at radius 2 is 1.88 bits per heavy atom. The third-order valence-corrected chi connectivity index (χ3v) is 3.92. The SMILES string of the molecule is O=C(Nc1ccc(F)cc1F)c1cccn(Cc2cccc(Cl)c2)c1=O. The maximum atomic E-state index is 13.7. The fourth-order valence-corrected chi connectivity index (χ4v) is 2.66. The number of pyridine rings is 1. The van der Waals surface area contributed by atoms with Crippen LogP contribution < -0.4 is 10.9 Å². The van der Waals surface area contributed by atoms with Crippen molar-refractivity contribution in [3.05, 3.63) is 98.9 Å². The standard InChI is InChI=1S/C19H13ClF2N2O2/c20-13-4-1-3-12(9-13)11-24-8-2-5-15(19(24)26)18(25)23-17-7-6-14(21)10-16(17)22/h1-10H,11H2,(H,23,25). The van der Waals surface area contributed by atoms with E-state index in [1.165, 1.54) is 10.6 Å². The van der Waals surface area contributed by atoms with Gasteiger partial charge in [0.15, 0.2) is 0 Å². The zero-order chi connectivity index (χ0) is 18.7. The van der Waals surface area contributed by atoms with E-state index in [1.54, 1.807) is 36.5 Å². The lowest BCUT2D eigenvalue weighted by Gasteiger charge is -2.10. The molecule has 0 radical (unpaired) electrons. The number of hydrogen-bond acceptors (Lipinski definition) is 2. The Hall–Kier alpha value is -2.99. The molecule has 3 rings (SSSR count). The molecule has 1 amide bonds. The van der Waals surface area contributed by atoms with E-state index in [0.717, 1.165) is 17.7 Å². The van der Waals surface area contributed by atoms with Gasteiger partial charge in [0.2, 0.25) is 0 Å². The summed E-state index contributed by atoms with van der Waals surface area (Å²) in [5.41, 5.74) is -0.103. The smallest absolute Gasteiger partial charge is 0.263 e. The van der Waals surface area contributed by atoms with Crippen molar-refractivity contribution in [2.24, 2.45) is 0 Å². The van der Waals surface area contributed by atoms with Crippen molar-refractivity contribution < 1.29 is 13.6 Å². The number of halogens is 3. The average Bonchev–Trinajstić information content (AvgIpc) is 2.59. The molecule has 0 saturated heterocycles. The minimum Gasteiger partial charge on any atom is -0.319 e. The summed E-state index contributed by atoms with van der Waals surface area (Å²) in [7, 11) is 0. The van der Waals surface area contributed by atoms with Crippen LogP contribution in [0.4, 0.5) is 14.5 Å². The normalized spacial score (nSPS) is 10.6. The molecular weight excluding hydrogens is 362 g/mol. The molecule has 4 nitrogen and oxygen atoms in total. The van der Waals surface area contributed by atoms with Crippen molar-refractivity contribution in [3.8, 4) is 0 Å². The number of rotatable bonds is 4. The van der Waals surface area contributed by atoms with Gasteiger partial charge in [-0.1, -0.05) is 23.7 Å². The Balaban J connectivity index is 1.86. The lowest BCUT2D eigenvalue weighted by Crippen LogP contribution is -2.29. The summed E-state index contributed by atoms with van der Waals surface area (Å²) in [4.78, 5) is 24.9. The zero-order valence-electron chi connectivity index (χ0n) is 13.4. The van der Waals surface area contributed by atoms with Crippen LogP contribution in [0.3, 0.4) is 0 Å². The lowest BCUT2D eigenvalue weighted by molar-refractivity contribution is 0.102. The molecule has 7 heteroatoms. The molecule has 0 unspecified atom stereocenters. The summed E-state index contributed by atoms with van der Waals surface area (Å²) >= 11 is 5.94. The monoisotopic (exact) mass is 374 g/mol. The number of benzene rings is 2. The molecule has 0 saturated carbocycles. The van der Waals surface area contributed by atoms with E-state index in [2.05, 4.69) is 5.32 Å². The second kappa shape index (κ2) is 7.49. The predicted molar refractivity (Wildman–Crippen MR) is 95.6 cm³/mol. The van der Waals surface area contributed by atoms with Gasteiger partial charge in [0.25, 0.3) is 11.5 Å². The van der Waals surface area contributed by atoms with E-state index in [1.807, 2.05) is 0 Å². The molecule has 26 heavy (non-hydrogen) atoms. The van der Waals surface area contributed by atoms with Crippen LogP contribution in [0.2, 0.25) is 5.02 Å². The maximum absolute atomic E-state index is 13.7. The lowest BCUT2D eigenvalue weighted by atomic mass is 10.2. The average molecular weight is 375 g/mol. The molecular formula is C19H13ClF2N2O2. The molecule has 0 fully saturated rings. The van der Waals surface area contributed by atoms with Gasteiger partial charge < -0.3 is 9.88 Å². The van der Waals surface area contributed by atoms with E-state index in [4.69, 9.17) is 11.6 Å². The Labute approximate surface area is 152 Å². The number of hydrogen-bond donors (Lipinski definition) is 1. The van der Waals surface area contributed by atoms with Crippen LogP contribution in [0.25, 0.3) is 0 Å². The van der Waals surface area contributed by atoms with Gasteiger partial charge >= 0.3 is 0 Å². The van der Waals surface area contributed by atoms with Gasteiger partial charge in [-0.25, -0.2) is 8.78 Å². The molecule has 2 aromatic carbocycles. The summed E-state index contributed by atoms with van der Waals surface area (Å²) in [6.07, 6.45) is 1.54. The summed E-state index contributed by atoms with van der Waals surface area (Å²) in [5, 5.41) is 2.82. The number of amides is 1. The summed E-state index contributed by atoms with van der Waals surface area (Å²) in [6.45, 7) is 0.228. The van der Waals surface area contributed by atoms with E-state index in [0.29, 0.717) is 11.1 Å². The topological polar surface area (TPSA) is 51.1 Å². The van der Waals surface area contributed by atoms with Crippen molar-refractivity contribution in [1.29, 1.82) is 0 Å². The van der Waals surface area contributed by atoms with Gasteiger partial charge in [0, 0.05) is 17.3 Å². The number of nitrogens with one attached hydrogen (secondary N) is 1. The number of anilines is 1. The quantitative estimate of drug-likeness (QED) is 0.748. The van der Waals surface area contributed by atoms with Crippen molar-refractivity contribution in [3.63, 3.8) is 0 Å². The first-order valence-electron chi connectivity index (χ1n) is 7.64. The fraction of sp³-hybridized carbons (Fsp3) is 0.0526. The van der Waals surface area contributed by atoms with Gasteiger partial charge in [-0.05, 0) is 42.0 Å². The Kier molecular flexibility index (Phi) is 5.14. The van der Waals surface area contributed by atoms with Crippen molar-refractivity contribution in [2.75, 3.05) is 5.32 Å². The molecule has 3 aromatic rings. The van der Waals surface area contributed by atoms with Gasteiger partial charge in [0.1, 0.15) is 17.2 Å². The van der Waals surface area contributed by atoms with Crippen LogP contribution in [-0.2, 0) is 6.54 Å². The molecule has 1 aromatic heterocycles. The third-order valence-electron chi connectivity index (χ3n) is 3.69. The van der Waals surface area contributed by atoms with E-state index in [-0.39, 0.29) is 17.8 Å². The highest BCUT2D eigenvalue weighted by Gasteiger charge is 2.15. The van der Waals surface area contributed by atoms with Crippen LogP contribution in [0.1, 0.15) is 15.9 Å². The highest BCUT2D eigenvalue weighted by atomic mass is 35.5. The highest BCUT2D eigenvalue weighted by Crippen LogP contribution is 2.16. The Morgan fingerprint density at radius 1 is 1.08 bits per heavy atom. The van der Waals surface area contributed by atoms with Crippen LogP contribution in [0.5, 0.6) is 0 Å². The second-order valence-electron chi connectivity index (χ2n) is 5.56. The highest BCUT2D eigenvalue weighted by molar-refractivity contribution is 6.30. The van der Waals surface area contributed by atoms with E-state index < -0.39 is 23.1 Å². The summed E-state index contributed by atoms with van der Waals surface area (Å²) < 4.78 is 28.0. The molecule has 0 spiro atoms. The zero-order valence-corrected chi connectivity index (χ0v) is 14.1. The number of carbonyl (C=O) groups excluding carboxylic acids is 1. The minimum absolute atomic E-state index is 0.154. The van der Waals surface area contributed by atoms with E-state index >= 15 is 0 Å². The second-order valence-corrected chi connectivity index (χ2v) is 6.00. The molecule has 1 heterocycles. The number of carbonyl (C=O) groups is 1. The van der Waals surface area contributed by atoms with Gasteiger partial charge in [0.05, 0.1) is 12.2 Å². The van der Waals surface area contributed by atoms with Gasteiger partial charge in [-0.15, -0.1) is 0 Å². The third kappa shape index (κ3) is 3.97. The molecule has 0 atom stereocenters. The minimum atomic E-state index is -0.923. The van der Waals surface area contributed by atoms with Crippen molar-refractivity contribution in [2.45, 2.75) is 6.54 Å². The fourth-order valence-electron chi connectivity index (χ4n) is 2.45. The molecule has 132 valence electrons. The Morgan fingerprint density at radius 3 is 2.62 bits per heavy atom. The molecule has 0 bridgehead atoms. The van der Waals surface area contributed by atoms with Crippen LogP contribution in [0, 0.1) is 11.6 Å². The van der Waals surface area contributed by atoms with Crippen LogP contribution in [0.15, 0.2) is 65.6 Å². The molecule has 0 aliphatic heterocycles.